The molecule has 1 unspecified atom stereocenters. The van der Waals surface area contributed by atoms with Crippen LogP contribution in [-0.4, -0.2) is 15.9 Å². The van der Waals surface area contributed by atoms with Crippen LogP contribution >= 0.6 is 0 Å². The molecule has 1 aromatic carbocycles. The molecule has 0 saturated carbocycles. The quantitative estimate of drug-likeness (QED) is 0.436. The Kier molecular flexibility index (Phi) is 7.24. The molecule has 4 nitrogen and oxygen atoms in total. The summed E-state index contributed by atoms with van der Waals surface area (Å²) >= 11 is -2.56. The van der Waals surface area contributed by atoms with Crippen LogP contribution in [0.5, 0.6) is 11.5 Å². The van der Waals surface area contributed by atoms with Crippen LogP contribution in [0, 0.1) is 0 Å². The Morgan fingerprint density at radius 2 is 1.85 bits per heavy atom. The van der Waals surface area contributed by atoms with Gasteiger partial charge in [-0.05, 0) is 12.1 Å². The molecular formula is C7H7KO4S. The summed E-state index contributed by atoms with van der Waals surface area (Å²) in [5.41, 5.74) is 0. The second kappa shape index (κ2) is 6.94. The number of ether oxygens (including phenoxy) is 1. The Labute approximate surface area is 122 Å². The van der Waals surface area contributed by atoms with Crippen LogP contribution in [0.4, 0.5) is 0 Å². The normalized spacial score (nSPS) is 11.2. The first kappa shape index (κ1) is 13.6. The summed E-state index contributed by atoms with van der Waals surface area (Å²) in [5, 5.41) is 0. The second-order valence-corrected chi connectivity index (χ2v) is 2.51. The molecule has 6 heteroatoms. The summed E-state index contributed by atoms with van der Waals surface area (Å²) in [7, 11) is 1.44. The third kappa shape index (κ3) is 4.55. The van der Waals surface area contributed by atoms with Crippen LogP contribution in [0.2, 0.25) is 0 Å². The molecule has 0 amide bonds. The molecular weight excluding hydrogens is 219 g/mol. The van der Waals surface area contributed by atoms with Gasteiger partial charge in [-0.1, -0.05) is 12.1 Å². The molecule has 0 aromatic heterocycles. The average molecular weight is 226 g/mol. The van der Waals surface area contributed by atoms with Gasteiger partial charge >= 0.3 is 51.4 Å². The van der Waals surface area contributed by atoms with Crippen molar-refractivity contribution in [3.63, 3.8) is 0 Å². The van der Waals surface area contributed by atoms with Crippen molar-refractivity contribution in [2.45, 2.75) is 0 Å². The van der Waals surface area contributed by atoms with Crippen LogP contribution in [0.3, 0.4) is 0 Å². The van der Waals surface area contributed by atoms with E-state index in [1.54, 1.807) is 18.2 Å². The maximum absolute atomic E-state index is 10.2. The maximum Gasteiger partial charge on any atom is 1.00 e. The number of benzene rings is 1. The fourth-order valence-corrected chi connectivity index (χ4v) is 1.05. The predicted octanol–water partition coefficient (Wildman–Crippen LogP) is -2.13. The predicted molar refractivity (Wildman–Crippen MR) is 42.5 cm³/mol. The number of rotatable bonds is 3. The summed E-state index contributed by atoms with van der Waals surface area (Å²) in [6.07, 6.45) is 0. The number of para-hydroxylation sites is 2. The van der Waals surface area contributed by atoms with Gasteiger partial charge in [0, 0.05) is 0 Å². The first-order chi connectivity index (χ1) is 5.74. The molecule has 1 atom stereocenters. The van der Waals surface area contributed by atoms with Crippen molar-refractivity contribution in [2.75, 3.05) is 7.11 Å². The molecule has 1 rings (SSSR count). The van der Waals surface area contributed by atoms with E-state index in [1.165, 1.54) is 13.2 Å². The van der Waals surface area contributed by atoms with Gasteiger partial charge in [0.1, 0.15) is 11.4 Å². The minimum Gasteiger partial charge on any atom is -0.740 e. The van der Waals surface area contributed by atoms with E-state index < -0.39 is 11.4 Å². The molecule has 0 bridgehead atoms. The van der Waals surface area contributed by atoms with Gasteiger partial charge in [0.25, 0.3) is 0 Å². The molecule has 0 saturated heterocycles. The van der Waals surface area contributed by atoms with E-state index in [2.05, 4.69) is 4.18 Å². The van der Waals surface area contributed by atoms with E-state index in [1.807, 2.05) is 0 Å². The zero-order chi connectivity index (χ0) is 8.97. The molecule has 0 N–H and O–H groups in total. The Bertz CT molecular complexity index is 292. The van der Waals surface area contributed by atoms with E-state index in [4.69, 9.17) is 4.74 Å². The Morgan fingerprint density at radius 1 is 1.31 bits per heavy atom. The minimum absolute atomic E-state index is 0. The number of methoxy groups -OCH3 is 1. The largest absolute Gasteiger partial charge is 1.00 e. The molecule has 1 aromatic rings. The Morgan fingerprint density at radius 3 is 2.31 bits per heavy atom. The van der Waals surface area contributed by atoms with Gasteiger partial charge < -0.3 is 13.5 Å². The summed E-state index contributed by atoms with van der Waals surface area (Å²) in [6, 6.07) is 6.50. The molecule has 0 aliphatic carbocycles. The van der Waals surface area contributed by atoms with E-state index >= 15 is 0 Å². The third-order valence-corrected chi connectivity index (χ3v) is 1.54. The van der Waals surface area contributed by atoms with E-state index in [0.29, 0.717) is 5.75 Å². The zero-order valence-electron chi connectivity index (χ0n) is 7.35. The summed E-state index contributed by atoms with van der Waals surface area (Å²) in [6.45, 7) is 0. The summed E-state index contributed by atoms with van der Waals surface area (Å²) in [4.78, 5) is 0. The third-order valence-electron chi connectivity index (χ3n) is 1.23. The minimum atomic E-state index is -2.56. The Balaban J connectivity index is 0.00000144. The molecule has 0 radical (unpaired) electrons. The fraction of sp³-hybridized carbons (Fsp3) is 0.143. The first-order valence-corrected chi connectivity index (χ1v) is 4.14. The van der Waals surface area contributed by atoms with Gasteiger partial charge in [-0.15, -0.1) is 0 Å². The number of hydrogen-bond acceptors (Lipinski definition) is 4. The monoisotopic (exact) mass is 226 g/mol. The van der Waals surface area contributed by atoms with Crippen LogP contribution in [-0.2, 0) is 11.4 Å². The van der Waals surface area contributed by atoms with Gasteiger partial charge in [-0.2, -0.15) is 0 Å². The molecule has 13 heavy (non-hydrogen) atoms. The van der Waals surface area contributed by atoms with Gasteiger partial charge in [0.15, 0.2) is 11.5 Å². The fourth-order valence-electron chi connectivity index (χ4n) is 0.761. The van der Waals surface area contributed by atoms with Gasteiger partial charge in [0.2, 0.25) is 0 Å². The molecule has 0 aliphatic heterocycles. The summed E-state index contributed by atoms with van der Waals surface area (Å²) in [5.74, 6) is 0.579. The van der Waals surface area contributed by atoms with Crippen LogP contribution < -0.4 is 60.3 Å². The average Bonchev–Trinajstić information content (AvgIpc) is 2.04. The Hall–Kier alpha value is 0.566. The molecule has 66 valence electrons. The first-order valence-electron chi connectivity index (χ1n) is 3.14. The summed E-state index contributed by atoms with van der Waals surface area (Å²) < 4.78 is 29.6. The van der Waals surface area contributed by atoms with Gasteiger partial charge in [0.05, 0.1) is 7.11 Å². The van der Waals surface area contributed by atoms with Crippen molar-refractivity contribution in [2.24, 2.45) is 0 Å². The molecule has 0 aliphatic rings. The second-order valence-electron chi connectivity index (χ2n) is 1.94. The standard InChI is InChI=1S/C7H8O4S.K/c1-10-6-4-2-3-5-7(6)11-12(8)9;/h2-5H,1H3,(H,8,9);/q;+1/p-1. The smallest absolute Gasteiger partial charge is 0.740 e. The molecule has 0 heterocycles. The van der Waals surface area contributed by atoms with Crippen molar-refractivity contribution in [3.05, 3.63) is 24.3 Å². The zero-order valence-corrected chi connectivity index (χ0v) is 11.3. The van der Waals surface area contributed by atoms with Crippen molar-refractivity contribution in [1.29, 1.82) is 0 Å². The van der Waals surface area contributed by atoms with Gasteiger partial charge in [-0.25, -0.2) is 4.21 Å². The van der Waals surface area contributed by atoms with Crippen molar-refractivity contribution in [1.82, 2.24) is 0 Å². The van der Waals surface area contributed by atoms with Crippen molar-refractivity contribution >= 4 is 11.4 Å². The molecule has 0 fully saturated rings. The van der Waals surface area contributed by atoms with Gasteiger partial charge in [-0.3, -0.25) is 0 Å². The van der Waals surface area contributed by atoms with Crippen LogP contribution in [0.25, 0.3) is 0 Å². The SMILES string of the molecule is COc1ccccc1OS(=O)[O-].[K+]. The van der Waals surface area contributed by atoms with E-state index in [0.717, 1.165) is 0 Å². The topological polar surface area (TPSA) is 58.6 Å². The van der Waals surface area contributed by atoms with Crippen molar-refractivity contribution < 1.29 is 69.1 Å². The maximum atomic E-state index is 10.2. The number of hydrogen-bond donors (Lipinski definition) is 0. The van der Waals surface area contributed by atoms with Crippen LogP contribution in [0.15, 0.2) is 24.3 Å². The molecule has 0 spiro atoms. The van der Waals surface area contributed by atoms with E-state index in [9.17, 15) is 8.76 Å². The van der Waals surface area contributed by atoms with Crippen molar-refractivity contribution in [3.8, 4) is 11.5 Å². The van der Waals surface area contributed by atoms with E-state index in [-0.39, 0.29) is 57.1 Å². The van der Waals surface area contributed by atoms with Crippen LogP contribution in [0.1, 0.15) is 0 Å².